The van der Waals surface area contributed by atoms with E-state index in [2.05, 4.69) is 29.5 Å². The van der Waals surface area contributed by atoms with E-state index in [0.29, 0.717) is 26.2 Å². The third kappa shape index (κ3) is 9.34. The molecule has 2 atom stereocenters. The fourth-order valence-electron chi connectivity index (χ4n) is 3.72. The highest BCUT2D eigenvalue weighted by molar-refractivity contribution is 5.82. The molecule has 1 saturated heterocycles. The maximum Gasteiger partial charge on any atom is 0.240 e. The van der Waals surface area contributed by atoms with Crippen molar-refractivity contribution in [2.45, 2.75) is 52.3 Å². The van der Waals surface area contributed by atoms with Crippen molar-refractivity contribution in [2.75, 3.05) is 19.6 Å². The lowest BCUT2D eigenvalue weighted by molar-refractivity contribution is -0.133. The van der Waals surface area contributed by atoms with E-state index in [1.165, 1.54) is 0 Å². The Labute approximate surface area is 199 Å². The highest BCUT2D eigenvalue weighted by Gasteiger charge is 2.29. The molecule has 33 heavy (non-hydrogen) atoms. The molecule has 2 rings (SSSR count). The van der Waals surface area contributed by atoms with Gasteiger partial charge in [0.15, 0.2) is 0 Å². The van der Waals surface area contributed by atoms with Gasteiger partial charge in [-0.1, -0.05) is 79.4 Å². The normalized spacial score (nSPS) is 19.8. The number of carbonyl (C=O) groups is 1. The summed E-state index contributed by atoms with van der Waals surface area (Å²) >= 11 is 0. The van der Waals surface area contributed by atoms with E-state index < -0.39 is 0 Å². The molecular formula is C28H39N3O2. The lowest BCUT2D eigenvalue weighted by Crippen LogP contribution is -2.54. The second-order valence-electron chi connectivity index (χ2n) is 8.16. The summed E-state index contributed by atoms with van der Waals surface area (Å²) < 4.78 is 0. The minimum absolute atomic E-state index is 0.121. The van der Waals surface area contributed by atoms with Crippen LogP contribution >= 0.6 is 0 Å². The number of benzene rings is 1. The van der Waals surface area contributed by atoms with Crippen molar-refractivity contribution >= 4 is 5.91 Å². The maximum atomic E-state index is 13.5. The van der Waals surface area contributed by atoms with Crippen molar-refractivity contribution in [1.82, 2.24) is 15.7 Å². The maximum absolute atomic E-state index is 13.5. The molecule has 0 aliphatic carbocycles. The molecule has 5 heteroatoms. The number of hydroxylamine groups is 1. The van der Waals surface area contributed by atoms with Gasteiger partial charge in [0.25, 0.3) is 0 Å². The minimum atomic E-state index is -0.200. The summed E-state index contributed by atoms with van der Waals surface area (Å²) in [4.78, 5) is 21.1. The SMILES string of the molecule is C=C/C(=C\C=C/C)CN(CC(/C=C\C)=C/C)C(=O)[C@@H]1CC[C@@H](NOCc2ccccc2)CN1. The van der Waals surface area contributed by atoms with E-state index in [0.717, 1.165) is 29.6 Å². The summed E-state index contributed by atoms with van der Waals surface area (Å²) in [5.74, 6) is 0.121. The summed E-state index contributed by atoms with van der Waals surface area (Å²) in [6, 6.07) is 10.1. The Kier molecular flexibility index (Phi) is 12.2. The molecule has 2 N–H and O–H groups in total. The van der Waals surface area contributed by atoms with Gasteiger partial charge in [-0.2, -0.15) is 5.48 Å². The lowest BCUT2D eigenvalue weighted by Gasteiger charge is -2.33. The van der Waals surface area contributed by atoms with Crippen LogP contribution in [0, 0.1) is 0 Å². The zero-order valence-corrected chi connectivity index (χ0v) is 20.3. The molecule has 0 bridgehead atoms. The van der Waals surface area contributed by atoms with Crippen LogP contribution < -0.4 is 10.8 Å². The summed E-state index contributed by atoms with van der Waals surface area (Å²) in [5, 5.41) is 3.43. The zero-order chi connectivity index (χ0) is 23.9. The van der Waals surface area contributed by atoms with Crippen LogP contribution in [0.15, 0.2) is 90.6 Å². The average Bonchev–Trinajstić information content (AvgIpc) is 2.86. The van der Waals surface area contributed by atoms with Gasteiger partial charge in [-0.15, -0.1) is 0 Å². The Hall–Kier alpha value is -2.73. The van der Waals surface area contributed by atoms with Crippen LogP contribution in [0.5, 0.6) is 0 Å². The molecule has 1 heterocycles. The Morgan fingerprint density at radius 3 is 2.52 bits per heavy atom. The third-order valence-electron chi connectivity index (χ3n) is 5.62. The first kappa shape index (κ1) is 26.5. The largest absolute Gasteiger partial charge is 0.333 e. The first-order valence-corrected chi connectivity index (χ1v) is 11.8. The van der Waals surface area contributed by atoms with Gasteiger partial charge in [0.1, 0.15) is 0 Å². The quantitative estimate of drug-likeness (QED) is 0.353. The van der Waals surface area contributed by atoms with Crippen LogP contribution in [-0.4, -0.2) is 42.5 Å². The fourth-order valence-corrected chi connectivity index (χ4v) is 3.72. The van der Waals surface area contributed by atoms with Gasteiger partial charge >= 0.3 is 0 Å². The van der Waals surface area contributed by atoms with Crippen LogP contribution in [0.4, 0.5) is 0 Å². The van der Waals surface area contributed by atoms with Gasteiger partial charge in [-0.25, -0.2) is 0 Å². The van der Waals surface area contributed by atoms with Crippen molar-refractivity contribution in [3.63, 3.8) is 0 Å². The summed E-state index contributed by atoms with van der Waals surface area (Å²) in [5.41, 5.74) is 6.40. The molecule has 1 aliphatic rings. The second kappa shape index (κ2) is 15.2. The van der Waals surface area contributed by atoms with Gasteiger partial charge in [0.2, 0.25) is 5.91 Å². The van der Waals surface area contributed by atoms with Crippen LogP contribution in [0.25, 0.3) is 0 Å². The number of amides is 1. The highest BCUT2D eigenvalue weighted by atomic mass is 16.6. The van der Waals surface area contributed by atoms with Gasteiger partial charge in [0.05, 0.1) is 12.6 Å². The Balaban J connectivity index is 1.95. The van der Waals surface area contributed by atoms with E-state index in [9.17, 15) is 4.79 Å². The van der Waals surface area contributed by atoms with Crippen LogP contribution in [0.1, 0.15) is 39.2 Å². The van der Waals surface area contributed by atoms with Crippen LogP contribution in [0.3, 0.4) is 0 Å². The minimum Gasteiger partial charge on any atom is -0.333 e. The molecule has 0 saturated carbocycles. The molecule has 0 radical (unpaired) electrons. The molecule has 0 unspecified atom stereocenters. The summed E-state index contributed by atoms with van der Waals surface area (Å²) in [7, 11) is 0. The van der Waals surface area contributed by atoms with E-state index in [-0.39, 0.29) is 18.0 Å². The van der Waals surface area contributed by atoms with E-state index in [4.69, 9.17) is 4.84 Å². The van der Waals surface area contributed by atoms with Gasteiger partial charge in [-0.05, 0) is 50.3 Å². The predicted molar refractivity (Wildman–Crippen MR) is 137 cm³/mol. The first-order valence-electron chi connectivity index (χ1n) is 11.8. The topological polar surface area (TPSA) is 53.6 Å². The smallest absolute Gasteiger partial charge is 0.240 e. The van der Waals surface area contributed by atoms with Gasteiger partial charge in [-0.3, -0.25) is 9.63 Å². The predicted octanol–water partition coefficient (Wildman–Crippen LogP) is 4.87. The number of hydrogen-bond donors (Lipinski definition) is 2. The monoisotopic (exact) mass is 449 g/mol. The molecule has 1 fully saturated rings. The number of rotatable bonds is 12. The molecule has 1 aromatic rings. The third-order valence-corrected chi connectivity index (χ3v) is 5.62. The number of carbonyl (C=O) groups excluding carboxylic acids is 1. The average molecular weight is 450 g/mol. The first-order chi connectivity index (χ1) is 16.1. The van der Waals surface area contributed by atoms with Crippen molar-refractivity contribution in [2.24, 2.45) is 0 Å². The number of allylic oxidation sites excluding steroid dienone is 5. The standard InChI is InChI=1S/C28H39N3O2/c1-5-9-14-24(8-4)21-31(20-23(7-3)13-6-2)28(32)27-18-17-26(19-29-27)30-33-22-25-15-11-10-12-16-25/h5-16,26-27,29-30H,4,17-22H2,1-3H3/b9-5-,13-6-,23-7+,24-14+/t26-,27+/m1/s1. The Morgan fingerprint density at radius 1 is 1.15 bits per heavy atom. The van der Waals surface area contributed by atoms with E-state index in [1.807, 2.05) is 86.4 Å². The molecule has 0 aromatic heterocycles. The lowest BCUT2D eigenvalue weighted by atomic mass is 9.99. The van der Waals surface area contributed by atoms with Crippen molar-refractivity contribution in [1.29, 1.82) is 0 Å². The molecular weight excluding hydrogens is 410 g/mol. The number of nitrogens with zero attached hydrogens (tertiary/aromatic N) is 1. The van der Waals surface area contributed by atoms with Crippen LogP contribution in [0.2, 0.25) is 0 Å². The number of nitrogens with one attached hydrogen (secondary N) is 2. The van der Waals surface area contributed by atoms with Crippen molar-refractivity contribution < 1.29 is 9.63 Å². The Bertz CT molecular complexity index is 847. The van der Waals surface area contributed by atoms with E-state index in [1.54, 1.807) is 0 Å². The number of piperidine rings is 1. The van der Waals surface area contributed by atoms with Gasteiger partial charge < -0.3 is 10.2 Å². The molecule has 1 aromatic carbocycles. The molecule has 178 valence electrons. The highest BCUT2D eigenvalue weighted by Crippen LogP contribution is 2.15. The second-order valence-corrected chi connectivity index (χ2v) is 8.16. The molecule has 0 spiro atoms. The van der Waals surface area contributed by atoms with Crippen molar-refractivity contribution in [3.05, 3.63) is 96.2 Å². The molecule has 1 aliphatic heterocycles. The Morgan fingerprint density at radius 2 is 1.91 bits per heavy atom. The summed E-state index contributed by atoms with van der Waals surface area (Å²) in [6.45, 7) is 12.2. The van der Waals surface area contributed by atoms with E-state index >= 15 is 0 Å². The molecule has 5 nitrogen and oxygen atoms in total. The van der Waals surface area contributed by atoms with Crippen molar-refractivity contribution in [3.8, 4) is 0 Å². The fraction of sp³-hybridized carbons (Fsp3) is 0.393. The summed E-state index contributed by atoms with van der Waals surface area (Å²) in [6.07, 6.45) is 15.5. The van der Waals surface area contributed by atoms with Crippen LogP contribution in [-0.2, 0) is 16.2 Å². The van der Waals surface area contributed by atoms with Gasteiger partial charge in [0, 0.05) is 25.7 Å². The molecule has 1 amide bonds. The zero-order valence-electron chi connectivity index (χ0n) is 20.3. The number of hydrogen-bond acceptors (Lipinski definition) is 4.